The number of ether oxygens (including phenoxy) is 2. The van der Waals surface area contributed by atoms with Gasteiger partial charge in [0.1, 0.15) is 12.5 Å². The van der Waals surface area contributed by atoms with Crippen LogP contribution in [0.25, 0.3) is 0 Å². The van der Waals surface area contributed by atoms with Gasteiger partial charge in [0.05, 0.1) is 13.7 Å². The summed E-state index contributed by atoms with van der Waals surface area (Å²) >= 11 is 0. The predicted octanol–water partition coefficient (Wildman–Crippen LogP) is 1.30. The number of hydrogen-bond acceptors (Lipinski definition) is 6. The fourth-order valence-electron chi connectivity index (χ4n) is 3.66. The summed E-state index contributed by atoms with van der Waals surface area (Å²) in [5.74, 6) is 5.57. The molecule has 9 nitrogen and oxygen atoms in total. The van der Waals surface area contributed by atoms with Gasteiger partial charge in [-0.3, -0.25) is 19.9 Å². The van der Waals surface area contributed by atoms with Crippen molar-refractivity contribution in [3.63, 3.8) is 0 Å². The van der Waals surface area contributed by atoms with Crippen molar-refractivity contribution in [2.75, 3.05) is 27.5 Å². The van der Waals surface area contributed by atoms with Crippen molar-refractivity contribution >= 4 is 24.1 Å². The summed E-state index contributed by atoms with van der Waals surface area (Å²) in [6.07, 6.45) is 1.68. The van der Waals surface area contributed by atoms with Gasteiger partial charge in [-0.2, -0.15) is 0 Å². The van der Waals surface area contributed by atoms with Crippen LogP contribution in [0.2, 0.25) is 0 Å². The van der Waals surface area contributed by atoms with Crippen LogP contribution in [0.4, 0.5) is 4.79 Å². The first-order valence-corrected chi connectivity index (χ1v) is 10.2. The Balaban J connectivity index is 1.57. The molecular weight excluding hydrogens is 424 g/mol. The molecule has 168 valence electrons. The van der Waals surface area contributed by atoms with Crippen LogP contribution in [-0.2, 0) is 16.1 Å². The minimum absolute atomic E-state index is 0.0881. The highest BCUT2D eigenvalue weighted by Crippen LogP contribution is 2.28. The molecule has 2 N–H and O–H groups in total. The number of methoxy groups -OCH3 is 2. The molecule has 0 radical (unpaired) electrons. The molecular formula is C24H22N4O5. The summed E-state index contributed by atoms with van der Waals surface area (Å²) in [6.45, 7) is 0.486. The number of rotatable bonds is 6. The van der Waals surface area contributed by atoms with Gasteiger partial charge in [0.25, 0.3) is 11.8 Å². The van der Waals surface area contributed by atoms with E-state index in [4.69, 9.17) is 9.47 Å². The molecule has 0 bridgehead atoms. The number of imide groups is 1. The van der Waals surface area contributed by atoms with E-state index >= 15 is 0 Å². The summed E-state index contributed by atoms with van der Waals surface area (Å²) in [7, 11) is 3.09. The first-order valence-electron chi connectivity index (χ1n) is 10.2. The van der Waals surface area contributed by atoms with Gasteiger partial charge in [-0.05, 0) is 35.4 Å². The summed E-state index contributed by atoms with van der Waals surface area (Å²) in [4.78, 5) is 43.2. The molecule has 0 aromatic heterocycles. The molecule has 0 spiro atoms. The largest absolute Gasteiger partial charge is 0.497 e. The van der Waals surface area contributed by atoms with Crippen LogP contribution < -0.4 is 15.4 Å². The second-order valence-corrected chi connectivity index (χ2v) is 7.60. The minimum Gasteiger partial charge on any atom is -0.497 e. The molecule has 2 aliphatic rings. The van der Waals surface area contributed by atoms with Crippen molar-refractivity contribution < 1.29 is 23.9 Å². The monoisotopic (exact) mass is 446 g/mol. The third-order valence-corrected chi connectivity index (χ3v) is 5.34. The van der Waals surface area contributed by atoms with Crippen LogP contribution >= 0.6 is 0 Å². The van der Waals surface area contributed by atoms with Crippen LogP contribution in [0.5, 0.6) is 5.75 Å². The number of nitrogens with one attached hydrogen (secondary N) is 2. The van der Waals surface area contributed by atoms with Crippen LogP contribution in [0.1, 0.15) is 27.0 Å². The van der Waals surface area contributed by atoms with Gasteiger partial charge in [-0.15, -0.1) is 0 Å². The summed E-state index contributed by atoms with van der Waals surface area (Å²) in [5.41, 5.74) is 1.28. The van der Waals surface area contributed by atoms with Crippen LogP contribution in [0.3, 0.4) is 0 Å². The van der Waals surface area contributed by atoms with E-state index in [1.807, 2.05) is 18.2 Å². The molecule has 2 aromatic rings. The van der Waals surface area contributed by atoms with Gasteiger partial charge < -0.3 is 19.7 Å². The van der Waals surface area contributed by atoms with Gasteiger partial charge in [-0.25, -0.2) is 4.79 Å². The maximum Gasteiger partial charge on any atom is 0.323 e. The number of carbonyl (C=O) groups is 3. The van der Waals surface area contributed by atoms with Crippen LogP contribution in [0, 0.1) is 11.8 Å². The number of fused-ring (bicyclic) bond motifs is 1. The van der Waals surface area contributed by atoms with E-state index in [2.05, 4.69) is 27.5 Å². The standard InChI is InChI=1S/C24H22N4O5/c1-32-15-25-12-17-5-3-16(4-6-17)9-10-24(22(30)26-23(31)27-24)14-28-13-18-7-8-19(33-2)11-20(18)21(28)29/h3-8,11-12H,13-15H2,1-2H3,(H2,26,27,30,31)/t24-/m0/s1. The van der Waals surface area contributed by atoms with Crippen molar-refractivity contribution in [3.05, 3.63) is 64.7 Å². The molecule has 1 fully saturated rings. The predicted molar refractivity (Wildman–Crippen MR) is 120 cm³/mol. The lowest BCUT2D eigenvalue weighted by Gasteiger charge is -2.26. The Bertz CT molecular complexity index is 1200. The molecule has 4 rings (SSSR count). The highest BCUT2D eigenvalue weighted by molar-refractivity contribution is 6.10. The van der Waals surface area contributed by atoms with Crippen molar-refractivity contribution in [2.24, 2.45) is 4.99 Å². The van der Waals surface area contributed by atoms with Crippen molar-refractivity contribution in [2.45, 2.75) is 12.1 Å². The number of carbonyl (C=O) groups excluding carboxylic acids is 3. The van der Waals surface area contributed by atoms with Gasteiger partial charge in [0, 0.05) is 31.0 Å². The SMILES string of the molecule is COCN=Cc1ccc(C#C[C@@]2(CN3Cc4ccc(OC)cc4C3=O)NC(=O)NC2=O)cc1. The molecule has 0 unspecified atom stereocenters. The second kappa shape index (κ2) is 9.14. The van der Waals surface area contributed by atoms with E-state index in [9.17, 15) is 14.4 Å². The molecule has 4 amide bonds. The fourth-order valence-corrected chi connectivity index (χ4v) is 3.66. The molecule has 33 heavy (non-hydrogen) atoms. The van der Waals surface area contributed by atoms with Gasteiger partial charge in [-0.1, -0.05) is 30.0 Å². The van der Waals surface area contributed by atoms with Crippen molar-refractivity contribution in [3.8, 4) is 17.6 Å². The van der Waals surface area contributed by atoms with E-state index < -0.39 is 17.5 Å². The summed E-state index contributed by atoms with van der Waals surface area (Å²) < 4.78 is 10.1. The number of nitrogens with zero attached hydrogens (tertiary/aromatic N) is 2. The Labute approximate surface area is 190 Å². The summed E-state index contributed by atoms with van der Waals surface area (Å²) in [5, 5.41) is 4.83. The third-order valence-electron chi connectivity index (χ3n) is 5.34. The van der Waals surface area contributed by atoms with E-state index in [1.54, 1.807) is 37.6 Å². The zero-order valence-corrected chi connectivity index (χ0v) is 18.2. The highest BCUT2D eigenvalue weighted by Gasteiger charge is 2.48. The Morgan fingerprint density at radius 1 is 1.15 bits per heavy atom. The molecule has 2 aliphatic heterocycles. The smallest absolute Gasteiger partial charge is 0.323 e. The van der Waals surface area contributed by atoms with Gasteiger partial charge in [0.2, 0.25) is 5.54 Å². The fraction of sp³-hybridized carbons (Fsp3) is 0.250. The Morgan fingerprint density at radius 3 is 2.61 bits per heavy atom. The quantitative estimate of drug-likeness (QED) is 0.395. The Kier molecular flexibility index (Phi) is 6.11. The lowest BCUT2D eigenvalue weighted by atomic mass is 9.99. The number of amides is 4. The molecule has 1 saturated heterocycles. The first kappa shape index (κ1) is 22.0. The van der Waals surface area contributed by atoms with Gasteiger partial charge in [0.15, 0.2) is 0 Å². The maximum atomic E-state index is 13.0. The summed E-state index contributed by atoms with van der Waals surface area (Å²) in [6, 6.07) is 11.8. The molecule has 2 heterocycles. The normalized spacial score (nSPS) is 19.2. The Hall–Kier alpha value is -4.16. The average Bonchev–Trinajstić information content (AvgIpc) is 3.27. The molecule has 2 aromatic carbocycles. The van der Waals surface area contributed by atoms with Crippen LogP contribution in [-0.4, -0.2) is 62.0 Å². The highest BCUT2D eigenvalue weighted by atomic mass is 16.5. The molecule has 0 saturated carbocycles. The zero-order chi connectivity index (χ0) is 23.4. The van der Waals surface area contributed by atoms with Gasteiger partial charge >= 0.3 is 6.03 Å². The van der Waals surface area contributed by atoms with Crippen molar-refractivity contribution in [1.29, 1.82) is 0 Å². The van der Waals surface area contributed by atoms with E-state index in [-0.39, 0.29) is 19.2 Å². The van der Waals surface area contributed by atoms with Crippen LogP contribution in [0.15, 0.2) is 47.5 Å². The zero-order valence-electron chi connectivity index (χ0n) is 18.2. The van der Waals surface area contributed by atoms with Crippen molar-refractivity contribution in [1.82, 2.24) is 15.5 Å². The van der Waals surface area contributed by atoms with E-state index in [0.29, 0.717) is 23.4 Å². The topological polar surface area (TPSA) is 109 Å². The van der Waals surface area contributed by atoms with E-state index in [1.165, 1.54) is 12.0 Å². The van der Waals surface area contributed by atoms with E-state index in [0.717, 1.165) is 11.1 Å². The number of hydrogen-bond donors (Lipinski definition) is 2. The molecule has 9 heteroatoms. The third kappa shape index (κ3) is 4.56. The number of urea groups is 1. The number of benzene rings is 2. The Morgan fingerprint density at radius 2 is 1.94 bits per heavy atom. The maximum absolute atomic E-state index is 13.0. The number of aliphatic imine (C=N–C) groups is 1. The molecule has 0 aliphatic carbocycles. The lowest BCUT2D eigenvalue weighted by Crippen LogP contribution is -2.54. The average molecular weight is 446 g/mol. The lowest BCUT2D eigenvalue weighted by molar-refractivity contribution is -0.122. The molecule has 1 atom stereocenters. The first-order chi connectivity index (χ1) is 15.9. The minimum atomic E-state index is -1.56. The second-order valence-electron chi connectivity index (χ2n) is 7.60.